The van der Waals surface area contributed by atoms with E-state index in [0.29, 0.717) is 0 Å². The molecule has 1 heterocycles. The fourth-order valence-electron chi connectivity index (χ4n) is 3.50. The Morgan fingerprint density at radius 1 is 1.30 bits per heavy atom. The van der Waals surface area contributed by atoms with Crippen molar-refractivity contribution in [2.45, 2.75) is 43.8 Å². The monoisotopic (exact) mass is 274 g/mol. The van der Waals surface area contributed by atoms with Gasteiger partial charge >= 0.3 is 0 Å². The Bertz CT molecular complexity index is 492. The molecule has 0 aromatic heterocycles. The largest absolute Gasteiger partial charge is 0.497 e. The van der Waals surface area contributed by atoms with Crippen LogP contribution in [0.1, 0.15) is 31.2 Å². The fourth-order valence-corrected chi connectivity index (χ4v) is 3.50. The Balaban J connectivity index is 1.72. The molecule has 20 heavy (non-hydrogen) atoms. The van der Waals surface area contributed by atoms with Gasteiger partial charge in [0.25, 0.3) is 0 Å². The van der Waals surface area contributed by atoms with Gasteiger partial charge in [-0.1, -0.05) is 12.1 Å². The van der Waals surface area contributed by atoms with E-state index in [1.807, 2.05) is 36.2 Å². The molecule has 2 aliphatic rings. The molecule has 1 aromatic carbocycles. The summed E-state index contributed by atoms with van der Waals surface area (Å²) in [5.74, 6) is 1.08. The average Bonchev–Trinajstić information content (AvgIpc) is 3.03. The van der Waals surface area contributed by atoms with E-state index in [9.17, 15) is 4.79 Å². The summed E-state index contributed by atoms with van der Waals surface area (Å²) < 4.78 is 5.16. The summed E-state index contributed by atoms with van der Waals surface area (Å²) in [6, 6.07) is 7.88. The van der Waals surface area contributed by atoms with Crippen LogP contribution in [-0.4, -0.2) is 36.7 Å². The molecular weight excluding hydrogens is 252 g/mol. The normalized spacial score (nSPS) is 24.6. The van der Waals surface area contributed by atoms with Gasteiger partial charge in [-0.2, -0.15) is 0 Å². The summed E-state index contributed by atoms with van der Waals surface area (Å²) in [6.45, 7) is 0. The maximum atomic E-state index is 12.4. The lowest BCUT2D eigenvalue weighted by Crippen LogP contribution is -2.48. The molecule has 0 bridgehead atoms. The van der Waals surface area contributed by atoms with Crippen LogP contribution in [0.15, 0.2) is 24.3 Å². The molecule has 2 fully saturated rings. The van der Waals surface area contributed by atoms with E-state index >= 15 is 0 Å². The minimum atomic E-state index is -0.0912. The standard InChI is InChI=1S/C16H22N2O2/c1-18-15(19)14(17-16(18)9-3-4-10-16)11-12-5-7-13(20-2)8-6-12/h5-8,14,17H,3-4,9-11H2,1-2H3/t14-/m0/s1. The molecule has 1 spiro atoms. The summed E-state index contributed by atoms with van der Waals surface area (Å²) in [7, 11) is 3.60. The van der Waals surface area contributed by atoms with Gasteiger partial charge in [-0.15, -0.1) is 0 Å². The first-order valence-electron chi connectivity index (χ1n) is 7.33. The molecular formula is C16H22N2O2. The smallest absolute Gasteiger partial charge is 0.241 e. The van der Waals surface area contributed by atoms with Gasteiger partial charge in [-0.3, -0.25) is 10.1 Å². The van der Waals surface area contributed by atoms with Crippen LogP contribution < -0.4 is 10.1 Å². The highest BCUT2D eigenvalue weighted by molar-refractivity contribution is 5.85. The van der Waals surface area contributed by atoms with E-state index < -0.39 is 0 Å². The van der Waals surface area contributed by atoms with Crippen LogP contribution in [0.25, 0.3) is 0 Å². The lowest BCUT2D eigenvalue weighted by Gasteiger charge is -2.31. The third-order valence-electron chi connectivity index (χ3n) is 4.74. The van der Waals surface area contributed by atoms with E-state index in [4.69, 9.17) is 4.74 Å². The van der Waals surface area contributed by atoms with Gasteiger partial charge in [0.2, 0.25) is 5.91 Å². The van der Waals surface area contributed by atoms with Crippen molar-refractivity contribution in [1.29, 1.82) is 0 Å². The number of likely N-dealkylation sites (N-methyl/N-ethyl adjacent to an activating group) is 1. The highest BCUT2D eigenvalue weighted by Crippen LogP contribution is 2.36. The van der Waals surface area contributed by atoms with Crippen LogP contribution in [0.4, 0.5) is 0 Å². The average molecular weight is 274 g/mol. The number of methoxy groups -OCH3 is 1. The van der Waals surface area contributed by atoms with Crippen molar-refractivity contribution in [3.8, 4) is 5.75 Å². The maximum Gasteiger partial charge on any atom is 0.241 e. The number of hydrogen-bond donors (Lipinski definition) is 1. The second-order valence-corrected chi connectivity index (χ2v) is 5.89. The predicted molar refractivity (Wildman–Crippen MR) is 77.6 cm³/mol. The van der Waals surface area contributed by atoms with Gasteiger partial charge in [0.1, 0.15) is 5.75 Å². The topological polar surface area (TPSA) is 41.6 Å². The SMILES string of the molecule is COc1ccc(C[C@@H]2NC3(CCCC3)N(C)C2=O)cc1. The van der Waals surface area contributed by atoms with Crippen LogP contribution >= 0.6 is 0 Å². The van der Waals surface area contributed by atoms with Gasteiger partial charge < -0.3 is 9.64 Å². The van der Waals surface area contributed by atoms with Crippen LogP contribution in [0.3, 0.4) is 0 Å². The van der Waals surface area contributed by atoms with E-state index in [1.54, 1.807) is 7.11 Å². The number of ether oxygens (including phenoxy) is 1. The minimum absolute atomic E-state index is 0.0752. The summed E-state index contributed by atoms with van der Waals surface area (Å²) in [5.41, 5.74) is 1.09. The van der Waals surface area contributed by atoms with Crippen molar-refractivity contribution in [1.82, 2.24) is 10.2 Å². The second kappa shape index (κ2) is 5.09. The Morgan fingerprint density at radius 2 is 1.95 bits per heavy atom. The zero-order chi connectivity index (χ0) is 14.2. The summed E-state index contributed by atoms with van der Waals surface area (Å²) in [5, 5.41) is 3.59. The Labute approximate surface area is 120 Å². The zero-order valence-electron chi connectivity index (χ0n) is 12.2. The molecule has 1 aromatic rings. The molecule has 3 rings (SSSR count). The number of carbonyl (C=O) groups excluding carboxylic acids is 1. The molecule has 1 aliphatic heterocycles. The zero-order valence-corrected chi connectivity index (χ0v) is 12.2. The first kappa shape index (κ1) is 13.4. The van der Waals surface area contributed by atoms with E-state index in [-0.39, 0.29) is 17.6 Å². The van der Waals surface area contributed by atoms with Crippen molar-refractivity contribution >= 4 is 5.91 Å². The van der Waals surface area contributed by atoms with Crippen molar-refractivity contribution in [3.63, 3.8) is 0 Å². The molecule has 0 unspecified atom stereocenters. The molecule has 1 aliphatic carbocycles. The molecule has 4 nitrogen and oxygen atoms in total. The Morgan fingerprint density at radius 3 is 2.55 bits per heavy atom. The van der Waals surface area contributed by atoms with Gasteiger partial charge in [0, 0.05) is 7.05 Å². The lowest BCUT2D eigenvalue weighted by atomic mass is 10.1. The lowest BCUT2D eigenvalue weighted by molar-refractivity contribution is -0.130. The number of amides is 1. The van der Waals surface area contributed by atoms with E-state index in [0.717, 1.165) is 25.0 Å². The van der Waals surface area contributed by atoms with Gasteiger partial charge in [0.05, 0.1) is 18.8 Å². The predicted octanol–water partition coefficient (Wildman–Crippen LogP) is 1.94. The van der Waals surface area contributed by atoms with Crippen molar-refractivity contribution in [2.75, 3.05) is 14.2 Å². The highest BCUT2D eigenvalue weighted by Gasteiger charge is 2.49. The Hall–Kier alpha value is -1.55. The molecule has 0 radical (unpaired) electrons. The number of hydrogen-bond acceptors (Lipinski definition) is 3. The van der Waals surface area contributed by atoms with Crippen LogP contribution in [0.2, 0.25) is 0 Å². The molecule has 1 N–H and O–H groups in total. The van der Waals surface area contributed by atoms with Crippen LogP contribution in [0.5, 0.6) is 5.75 Å². The molecule has 1 saturated carbocycles. The quantitative estimate of drug-likeness (QED) is 0.916. The molecule has 1 amide bonds. The van der Waals surface area contributed by atoms with E-state index in [1.165, 1.54) is 18.4 Å². The maximum absolute atomic E-state index is 12.4. The summed E-state index contributed by atoms with van der Waals surface area (Å²) in [4.78, 5) is 14.4. The summed E-state index contributed by atoms with van der Waals surface area (Å²) in [6.07, 6.45) is 5.32. The van der Waals surface area contributed by atoms with Crippen LogP contribution in [0, 0.1) is 0 Å². The first-order chi connectivity index (χ1) is 9.64. The first-order valence-corrected chi connectivity index (χ1v) is 7.33. The van der Waals surface area contributed by atoms with Crippen molar-refractivity contribution in [3.05, 3.63) is 29.8 Å². The van der Waals surface area contributed by atoms with Gasteiger partial charge in [-0.05, 0) is 49.8 Å². The molecule has 1 atom stereocenters. The minimum Gasteiger partial charge on any atom is -0.497 e. The van der Waals surface area contributed by atoms with Gasteiger partial charge in [0.15, 0.2) is 0 Å². The third kappa shape index (κ3) is 2.18. The molecule has 1 saturated heterocycles. The number of nitrogens with zero attached hydrogens (tertiary/aromatic N) is 1. The van der Waals surface area contributed by atoms with E-state index in [2.05, 4.69) is 5.32 Å². The van der Waals surface area contributed by atoms with Gasteiger partial charge in [-0.25, -0.2) is 0 Å². The number of carbonyl (C=O) groups is 1. The Kier molecular flexibility index (Phi) is 3.42. The van der Waals surface area contributed by atoms with Crippen LogP contribution in [-0.2, 0) is 11.2 Å². The summed E-state index contributed by atoms with van der Waals surface area (Å²) >= 11 is 0. The third-order valence-corrected chi connectivity index (χ3v) is 4.74. The molecule has 4 heteroatoms. The molecule has 108 valence electrons. The van der Waals surface area contributed by atoms with Crippen molar-refractivity contribution in [2.24, 2.45) is 0 Å². The number of rotatable bonds is 3. The number of nitrogens with one attached hydrogen (secondary N) is 1. The second-order valence-electron chi connectivity index (χ2n) is 5.89. The van der Waals surface area contributed by atoms with Crippen molar-refractivity contribution < 1.29 is 9.53 Å². The highest BCUT2D eigenvalue weighted by atomic mass is 16.5. The fraction of sp³-hybridized carbons (Fsp3) is 0.562. The number of benzene rings is 1.